The van der Waals surface area contributed by atoms with Crippen LogP contribution in [0.4, 0.5) is 5.82 Å². The predicted octanol–water partition coefficient (Wildman–Crippen LogP) is 3.37. The topological polar surface area (TPSA) is 106 Å². The summed E-state index contributed by atoms with van der Waals surface area (Å²) in [5, 5.41) is 18.5. The summed E-state index contributed by atoms with van der Waals surface area (Å²) in [5.74, 6) is 1.52. The van der Waals surface area contributed by atoms with Gasteiger partial charge in [-0.15, -0.1) is 0 Å². The molecule has 5 rings (SSSR count). The van der Waals surface area contributed by atoms with Crippen molar-refractivity contribution in [2.75, 3.05) is 19.0 Å². The zero-order valence-corrected chi connectivity index (χ0v) is 19.3. The van der Waals surface area contributed by atoms with Crippen LogP contribution in [0.15, 0.2) is 42.5 Å². The quantitative estimate of drug-likeness (QED) is 0.494. The number of nitrogens with one attached hydrogen (secondary N) is 2. The minimum Gasteiger partial charge on any atom is -0.481 e. The van der Waals surface area contributed by atoms with Gasteiger partial charge in [0.15, 0.2) is 18.2 Å². The molecule has 2 aliphatic rings. The first-order valence-corrected chi connectivity index (χ1v) is 11.8. The second kappa shape index (κ2) is 9.56. The van der Waals surface area contributed by atoms with E-state index in [1.54, 1.807) is 7.11 Å². The SMILES string of the molecule is COc1ccc2cc(CCC3(O)CCC(NCc4ccc5c(n4)NC(=O)CO5)CC3)ccc2n1. The Balaban J connectivity index is 1.11. The van der Waals surface area contributed by atoms with Gasteiger partial charge in [0.2, 0.25) is 5.88 Å². The molecular weight excluding hydrogens is 432 g/mol. The molecule has 34 heavy (non-hydrogen) atoms. The largest absolute Gasteiger partial charge is 0.481 e. The predicted molar refractivity (Wildman–Crippen MR) is 129 cm³/mol. The standard InChI is InChI=1S/C26H30N4O4/c1-33-24-7-3-18-14-17(2-5-21(18)29-24)8-11-26(32)12-9-19(10-13-26)27-15-20-4-6-22-25(28-20)30-23(31)16-34-22/h2-7,14,19,27,32H,8-13,15-16H2,1H3,(H,28,30,31). The van der Waals surface area contributed by atoms with Crippen LogP contribution in [-0.2, 0) is 17.8 Å². The Morgan fingerprint density at radius 3 is 2.85 bits per heavy atom. The van der Waals surface area contributed by atoms with Crippen LogP contribution in [0.2, 0.25) is 0 Å². The highest BCUT2D eigenvalue weighted by molar-refractivity contribution is 5.94. The lowest BCUT2D eigenvalue weighted by atomic mass is 9.78. The molecule has 2 aromatic heterocycles. The first-order chi connectivity index (χ1) is 16.5. The third kappa shape index (κ3) is 5.13. The summed E-state index contributed by atoms with van der Waals surface area (Å²) in [5.41, 5.74) is 2.35. The van der Waals surface area contributed by atoms with Gasteiger partial charge in [-0.25, -0.2) is 9.97 Å². The van der Waals surface area contributed by atoms with Crippen molar-refractivity contribution >= 4 is 22.6 Å². The number of aromatic nitrogens is 2. The van der Waals surface area contributed by atoms with Crippen LogP contribution < -0.4 is 20.1 Å². The number of amides is 1. The van der Waals surface area contributed by atoms with E-state index in [9.17, 15) is 9.90 Å². The molecule has 3 heterocycles. The second-order valence-corrected chi connectivity index (χ2v) is 9.25. The Morgan fingerprint density at radius 1 is 1.18 bits per heavy atom. The number of benzene rings is 1. The van der Waals surface area contributed by atoms with Crippen molar-refractivity contribution in [2.24, 2.45) is 0 Å². The lowest BCUT2D eigenvalue weighted by Crippen LogP contribution is -2.41. The van der Waals surface area contributed by atoms with E-state index in [1.807, 2.05) is 30.3 Å². The minimum atomic E-state index is -0.628. The smallest absolute Gasteiger partial charge is 0.263 e. The zero-order chi connectivity index (χ0) is 23.5. The van der Waals surface area contributed by atoms with Gasteiger partial charge in [-0.1, -0.05) is 6.07 Å². The van der Waals surface area contributed by atoms with Gasteiger partial charge in [0, 0.05) is 24.0 Å². The van der Waals surface area contributed by atoms with Gasteiger partial charge in [-0.05, 0) is 74.4 Å². The first kappa shape index (κ1) is 22.6. The summed E-state index contributed by atoms with van der Waals surface area (Å²) in [6.07, 6.45) is 4.98. The van der Waals surface area contributed by atoms with Crippen molar-refractivity contribution in [3.63, 3.8) is 0 Å². The summed E-state index contributed by atoms with van der Waals surface area (Å²) in [6.45, 7) is 0.646. The number of nitrogens with zero attached hydrogens (tertiary/aromatic N) is 2. The Kier molecular flexibility index (Phi) is 6.34. The van der Waals surface area contributed by atoms with Crippen LogP contribution in [0, 0.1) is 0 Å². The number of pyridine rings is 2. The second-order valence-electron chi connectivity index (χ2n) is 9.25. The number of rotatable bonds is 7. The van der Waals surface area contributed by atoms with E-state index in [4.69, 9.17) is 9.47 Å². The fourth-order valence-electron chi connectivity index (χ4n) is 4.76. The molecule has 0 atom stereocenters. The summed E-state index contributed by atoms with van der Waals surface area (Å²) in [4.78, 5) is 20.5. The molecule has 0 saturated heterocycles. The van der Waals surface area contributed by atoms with E-state index in [0.29, 0.717) is 30.0 Å². The van der Waals surface area contributed by atoms with Crippen LogP contribution in [0.3, 0.4) is 0 Å². The van der Waals surface area contributed by atoms with Crippen molar-refractivity contribution in [1.29, 1.82) is 0 Å². The monoisotopic (exact) mass is 462 g/mol. The van der Waals surface area contributed by atoms with Crippen molar-refractivity contribution in [3.8, 4) is 11.6 Å². The molecule has 8 heteroatoms. The number of ether oxygens (including phenoxy) is 2. The molecule has 1 amide bonds. The van der Waals surface area contributed by atoms with E-state index in [0.717, 1.165) is 55.1 Å². The van der Waals surface area contributed by atoms with Crippen LogP contribution in [0.1, 0.15) is 43.4 Å². The number of hydrogen-bond donors (Lipinski definition) is 3. The molecule has 0 bridgehead atoms. The molecule has 8 nitrogen and oxygen atoms in total. The summed E-state index contributed by atoms with van der Waals surface area (Å²) >= 11 is 0. The molecule has 0 unspecified atom stereocenters. The molecule has 3 N–H and O–H groups in total. The number of carbonyl (C=O) groups excluding carboxylic acids is 1. The number of aliphatic hydroxyl groups is 1. The zero-order valence-electron chi connectivity index (χ0n) is 19.3. The molecule has 178 valence electrons. The highest BCUT2D eigenvalue weighted by atomic mass is 16.5. The maximum atomic E-state index is 11.5. The van der Waals surface area contributed by atoms with E-state index >= 15 is 0 Å². The lowest BCUT2D eigenvalue weighted by molar-refractivity contribution is -0.118. The van der Waals surface area contributed by atoms with Gasteiger partial charge in [0.1, 0.15) is 0 Å². The molecule has 1 aliphatic heterocycles. The molecule has 0 spiro atoms. The van der Waals surface area contributed by atoms with Gasteiger partial charge in [-0.3, -0.25) is 4.79 Å². The highest BCUT2D eigenvalue weighted by Crippen LogP contribution is 2.33. The summed E-state index contributed by atoms with van der Waals surface area (Å²) in [7, 11) is 1.62. The fourth-order valence-corrected chi connectivity index (χ4v) is 4.76. The molecule has 3 aromatic rings. The lowest BCUT2D eigenvalue weighted by Gasteiger charge is -2.36. The molecular formula is C26H30N4O4. The maximum Gasteiger partial charge on any atom is 0.263 e. The summed E-state index contributed by atoms with van der Waals surface area (Å²) < 4.78 is 10.6. The molecule has 1 aromatic carbocycles. The minimum absolute atomic E-state index is 0.0323. The van der Waals surface area contributed by atoms with Crippen LogP contribution in [0.25, 0.3) is 10.9 Å². The average molecular weight is 463 g/mol. The Hall–Kier alpha value is -3.23. The van der Waals surface area contributed by atoms with Crippen LogP contribution in [-0.4, -0.2) is 46.3 Å². The van der Waals surface area contributed by atoms with E-state index in [-0.39, 0.29) is 12.5 Å². The Bertz CT molecular complexity index is 1190. The van der Waals surface area contributed by atoms with Crippen molar-refractivity contribution in [1.82, 2.24) is 15.3 Å². The number of fused-ring (bicyclic) bond motifs is 2. The normalized spacial score (nSPS) is 22.1. The number of hydrogen-bond acceptors (Lipinski definition) is 7. The van der Waals surface area contributed by atoms with Gasteiger partial charge in [-0.2, -0.15) is 0 Å². The fraction of sp³-hybridized carbons (Fsp3) is 0.423. The molecule has 1 fully saturated rings. The maximum absolute atomic E-state index is 11.5. The molecule has 1 aliphatic carbocycles. The number of carbonyl (C=O) groups is 1. The van der Waals surface area contributed by atoms with Gasteiger partial charge in [0.05, 0.1) is 23.9 Å². The van der Waals surface area contributed by atoms with Gasteiger partial charge in [0.25, 0.3) is 5.91 Å². The highest BCUT2D eigenvalue weighted by Gasteiger charge is 2.32. The third-order valence-electron chi connectivity index (χ3n) is 6.84. The third-order valence-corrected chi connectivity index (χ3v) is 6.84. The van der Waals surface area contributed by atoms with Crippen molar-refractivity contribution in [2.45, 2.75) is 56.7 Å². The van der Waals surface area contributed by atoms with E-state index in [2.05, 4.69) is 32.7 Å². The molecule has 1 saturated carbocycles. The van der Waals surface area contributed by atoms with Crippen LogP contribution in [0.5, 0.6) is 11.6 Å². The van der Waals surface area contributed by atoms with Gasteiger partial charge < -0.3 is 25.2 Å². The Labute approximate surface area is 198 Å². The first-order valence-electron chi connectivity index (χ1n) is 11.8. The van der Waals surface area contributed by atoms with Crippen LogP contribution >= 0.6 is 0 Å². The average Bonchev–Trinajstić information content (AvgIpc) is 2.86. The van der Waals surface area contributed by atoms with Crippen molar-refractivity contribution in [3.05, 3.63) is 53.7 Å². The van der Waals surface area contributed by atoms with E-state index in [1.165, 1.54) is 5.56 Å². The van der Waals surface area contributed by atoms with Gasteiger partial charge >= 0.3 is 0 Å². The Morgan fingerprint density at radius 2 is 2.03 bits per heavy atom. The number of aryl methyl sites for hydroxylation is 1. The number of anilines is 1. The number of methoxy groups -OCH3 is 1. The van der Waals surface area contributed by atoms with Crippen molar-refractivity contribution < 1.29 is 19.4 Å². The summed E-state index contributed by atoms with van der Waals surface area (Å²) in [6, 6.07) is 14.2. The van der Waals surface area contributed by atoms with E-state index < -0.39 is 5.60 Å². The molecule has 0 radical (unpaired) electrons.